The molecule has 6 saturated carbocycles. The molecule has 0 aromatic carbocycles. The van der Waals surface area contributed by atoms with Gasteiger partial charge in [-0.2, -0.15) is 0 Å². The Morgan fingerprint density at radius 1 is 1.14 bits per heavy atom. The first-order chi connectivity index (χ1) is 13.7. The maximum Gasteiger partial charge on any atom is 0.333 e. The lowest BCUT2D eigenvalue weighted by Crippen LogP contribution is -2.71. The molecule has 7 aliphatic rings. The molecule has 1 heterocycles. The third kappa shape index (κ3) is 2.21. The van der Waals surface area contributed by atoms with Gasteiger partial charge < -0.3 is 14.2 Å². The topological polar surface area (TPSA) is 61.8 Å². The summed E-state index contributed by atoms with van der Waals surface area (Å²) in [5.74, 6) is 2.16. The highest BCUT2D eigenvalue weighted by atomic mass is 16.6. The average molecular weight is 401 g/mol. The molecule has 29 heavy (non-hydrogen) atoms. The van der Waals surface area contributed by atoms with Gasteiger partial charge in [-0.3, -0.25) is 4.79 Å². The molecule has 0 amide bonds. The van der Waals surface area contributed by atoms with Crippen LogP contribution in [0, 0.1) is 41.4 Å². The van der Waals surface area contributed by atoms with Crippen LogP contribution in [0.2, 0.25) is 0 Å². The molecule has 158 valence electrons. The largest absolute Gasteiger partial charge is 0.459 e. The number of rotatable bonds is 4. The van der Waals surface area contributed by atoms with Crippen molar-refractivity contribution in [2.45, 2.75) is 82.7 Å². The highest BCUT2D eigenvalue weighted by molar-refractivity contribution is 5.87. The fraction of sp³-hybridized carbons (Fsp3) is 0.833. The van der Waals surface area contributed by atoms with E-state index >= 15 is 0 Å². The van der Waals surface area contributed by atoms with Gasteiger partial charge in [-0.25, -0.2) is 4.79 Å². The fourth-order valence-electron chi connectivity index (χ4n) is 8.57. The Morgan fingerprint density at radius 2 is 1.93 bits per heavy atom. The Labute approximate surface area is 172 Å². The molecule has 7 rings (SSSR count). The van der Waals surface area contributed by atoms with Crippen LogP contribution < -0.4 is 0 Å². The average Bonchev–Trinajstić information content (AvgIpc) is 3.29. The molecule has 0 N–H and O–H groups in total. The van der Waals surface area contributed by atoms with Gasteiger partial charge in [0.25, 0.3) is 0 Å². The second-order valence-electron chi connectivity index (χ2n) is 11.2. The summed E-state index contributed by atoms with van der Waals surface area (Å²) in [6, 6.07) is 0. The number of carbonyl (C=O) groups is 2. The summed E-state index contributed by atoms with van der Waals surface area (Å²) in [6.45, 7) is 10.0. The van der Waals surface area contributed by atoms with Crippen LogP contribution in [0.1, 0.15) is 59.3 Å². The molecular formula is C24H32O5. The zero-order valence-corrected chi connectivity index (χ0v) is 17.7. The van der Waals surface area contributed by atoms with Crippen molar-refractivity contribution in [2.75, 3.05) is 0 Å². The molecule has 1 aliphatic heterocycles. The van der Waals surface area contributed by atoms with Crippen molar-refractivity contribution >= 4 is 11.9 Å². The van der Waals surface area contributed by atoms with Crippen molar-refractivity contribution in [1.29, 1.82) is 0 Å². The van der Waals surface area contributed by atoms with Crippen molar-refractivity contribution < 1.29 is 23.8 Å². The lowest BCUT2D eigenvalue weighted by molar-refractivity contribution is -0.304. The Morgan fingerprint density at radius 3 is 2.69 bits per heavy atom. The lowest BCUT2D eigenvalue weighted by Gasteiger charge is -2.67. The van der Waals surface area contributed by atoms with E-state index in [0.717, 1.165) is 32.1 Å². The van der Waals surface area contributed by atoms with Gasteiger partial charge in [0.1, 0.15) is 11.7 Å². The number of esters is 2. The van der Waals surface area contributed by atoms with Crippen LogP contribution in [-0.2, 0) is 23.8 Å². The van der Waals surface area contributed by atoms with Gasteiger partial charge in [0.2, 0.25) is 0 Å². The van der Waals surface area contributed by atoms with Crippen molar-refractivity contribution in [3.8, 4) is 0 Å². The minimum absolute atomic E-state index is 0.00681. The standard InChI is InChI=1S/C24H32O5/c1-11(2)21(25)29-24-9-14-5-16(12(24)3)10-23(8-14,13(24)4)28-19-15-6-17-18(7-15)22(26)27-20(17)19/h12-20H,1,5-10H2,2-4H3. The van der Waals surface area contributed by atoms with E-state index in [2.05, 4.69) is 20.4 Å². The first-order valence-electron chi connectivity index (χ1n) is 11.5. The molecule has 7 fully saturated rings. The van der Waals surface area contributed by atoms with Gasteiger partial charge >= 0.3 is 11.9 Å². The zero-order valence-electron chi connectivity index (χ0n) is 17.7. The van der Waals surface area contributed by atoms with E-state index in [1.54, 1.807) is 6.92 Å². The molecule has 6 bridgehead atoms. The second-order valence-corrected chi connectivity index (χ2v) is 11.2. The highest BCUT2D eigenvalue weighted by Crippen LogP contribution is 2.67. The van der Waals surface area contributed by atoms with Crippen LogP contribution >= 0.6 is 0 Å². The van der Waals surface area contributed by atoms with E-state index in [1.807, 2.05) is 0 Å². The van der Waals surface area contributed by atoms with Gasteiger partial charge in [-0.05, 0) is 69.1 Å². The molecule has 11 unspecified atom stereocenters. The molecular weight excluding hydrogens is 368 g/mol. The summed E-state index contributed by atoms with van der Waals surface area (Å²) < 4.78 is 19.1. The van der Waals surface area contributed by atoms with Gasteiger partial charge in [-0.15, -0.1) is 0 Å². The molecule has 0 aromatic rings. The summed E-state index contributed by atoms with van der Waals surface area (Å²) in [5.41, 5.74) is -0.271. The molecule has 6 aliphatic carbocycles. The summed E-state index contributed by atoms with van der Waals surface area (Å²) in [5, 5.41) is 0. The Bertz CT molecular complexity index is 805. The number of fused-ring (bicyclic) bond motifs is 1. The van der Waals surface area contributed by atoms with Gasteiger partial charge in [0.15, 0.2) is 0 Å². The normalized spacial score (nSPS) is 56.0. The van der Waals surface area contributed by atoms with Crippen LogP contribution in [-0.4, -0.2) is 35.3 Å². The Kier molecular flexibility index (Phi) is 3.59. The SMILES string of the molecule is C=C(C)C(=O)OC12CC3CC(CC(OC4C5CC6C(=O)OC4C6C5)(C3)C1C)C2C. The first-order valence-corrected chi connectivity index (χ1v) is 11.5. The summed E-state index contributed by atoms with van der Waals surface area (Å²) >= 11 is 0. The molecule has 11 atom stereocenters. The highest BCUT2D eigenvalue weighted by Gasteiger charge is 2.70. The smallest absolute Gasteiger partial charge is 0.333 e. The van der Waals surface area contributed by atoms with Crippen molar-refractivity contribution in [2.24, 2.45) is 41.4 Å². The number of ether oxygens (including phenoxy) is 3. The van der Waals surface area contributed by atoms with E-state index in [9.17, 15) is 9.59 Å². The zero-order chi connectivity index (χ0) is 20.3. The molecule has 0 radical (unpaired) electrons. The molecule has 5 heteroatoms. The number of hydrogen-bond donors (Lipinski definition) is 0. The molecule has 1 saturated heterocycles. The van der Waals surface area contributed by atoms with Crippen LogP contribution in [0.25, 0.3) is 0 Å². The summed E-state index contributed by atoms with van der Waals surface area (Å²) in [6.07, 6.45) is 6.18. The Balaban J connectivity index is 1.33. The fourth-order valence-corrected chi connectivity index (χ4v) is 8.57. The maximum atomic E-state index is 12.6. The molecule has 5 nitrogen and oxygen atoms in total. The van der Waals surface area contributed by atoms with Crippen LogP contribution in [0.4, 0.5) is 0 Å². The second kappa shape index (κ2) is 5.66. The number of carbonyl (C=O) groups excluding carboxylic acids is 2. The van der Waals surface area contributed by atoms with E-state index in [1.165, 1.54) is 6.42 Å². The van der Waals surface area contributed by atoms with E-state index in [4.69, 9.17) is 14.2 Å². The van der Waals surface area contributed by atoms with Gasteiger partial charge in [0.05, 0.1) is 17.6 Å². The van der Waals surface area contributed by atoms with E-state index in [-0.39, 0.29) is 41.6 Å². The predicted octanol–water partition coefficient (Wildman–Crippen LogP) is 3.66. The minimum atomic E-state index is -0.466. The van der Waals surface area contributed by atoms with Crippen LogP contribution in [0.5, 0.6) is 0 Å². The monoisotopic (exact) mass is 400 g/mol. The van der Waals surface area contributed by atoms with Crippen molar-refractivity contribution in [3.63, 3.8) is 0 Å². The summed E-state index contributed by atoms with van der Waals surface area (Å²) in [7, 11) is 0. The quantitative estimate of drug-likeness (QED) is 0.532. The van der Waals surface area contributed by atoms with Crippen molar-refractivity contribution in [1.82, 2.24) is 0 Å². The van der Waals surface area contributed by atoms with Crippen LogP contribution in [0.15, 0.2) is 12.2 Å². The number of hydrogen-bond acceptors (Lipinski definition) is 5. The van der Waals surface area contributed by atoms with Crippen LogP contribution in [0.3, 0.4) is 0 Å². The maximum absolute atomic E-state index is 12.6. The summed E-state index contributed by atoms with van der Waals surface area (Å²) in [4.78, 5) is 24.8. The van der Waals surface area contributed by atoms with Gasteiger partial charge in [-0.1, -0.05) is 20.4 Å². The van der Waals surface area contributed by atoms with E-state index in [0.29, 0.717) is 35.2 Å². The first kappa shape index (κ1) is 18.4. The molecule has 0 aromatic heterocycles. The van der Waals surface area contributed by atoms with Crippen molar-refractivity contribution in [3.05, 3.63) is 12.2 Å². The lowest BCUT2D eigenvalue weighted by atomic mass is 9.44. The van der Waals surface area contributed by atoms with E-state index < -0.39 is 5.60 Å². The Hall–Kier alpha value is -1.36. The molecule has 0 spiro atoms. The minimum Gasteiger partial charge on any atom is -0.459 e. The third-order valence-corrected chi connectivity index (χ3v) is 9.90. The van der Waals surface area contributed by atoms with Gasteiger partial charge in [0, 0.05) is 17.4 Å². The third-order valence-electron chi connectivity index (χ3n) is 9.90. The predicted molar refractivity (Wildman–Crippen MR) is 105 cm³/mol.